The van der Waals surface area contributed by atoms with Crippen LogP contribution in [0.3, 0.4) is 0 Å². The molecule has 0 aliphatic rings. The summed E-state index contributed by atoms with van der Waals surface area (Å²) in [6, 6.07) is 18.8. The van der Waals surface area contributed by atoms with Crippen molar-refractivity contribution in [3.8, 4) is 0 Å². The first-order valence-electron chi connectivity index (χ1n) is 7.95. The number of hydrogen-bond acceptors (Lipinski definition) is 3. The van der Waals surface area contributed by atoms with Crippen molar-refractivity contribution in [3.63, 3.8) is 0 Å². The van der Waals surface area contributed by atoms with E-state index in [2.05, 4.69) is 11.6 Å². The molecule has 0 aliphatic heterocycles. The topological polar surface area (TPSA) is 38.7 Å². The van der Waals surface area contributed by atoms with E-state index in [0.29, 0.717) is 0 Å². The summed E-state index contributed by atoms with van der Waals surface area (Å²) in [4.78, 5) is 17.0. The molecule has 2 aromatic rings. The third-order valence-electron chi connectivity index (χ3n) is 3.23. The molecule has 2 aromatic carbocycles. The van der Waals surface area contributed by atoms with E-state index in [1.807, 2.05) is 81.4 Å². The van der Waals surface area contributed by atoms with E-state index in [9.17, 15) is 4.79 Å². The second kappa shape index (κ2) is 7.73. The van der Waals surface area contributed by atoms with Crippen LogP contribution in [0.2, 0.25) is 0 Å². The highest BCUT2D eigenvalue weighted by Gasteiger charge is 2.23. The quantitative estimate of drug-likeness (QED) is 0.464. The molecule has 3 heteroatoms. The Hall–Kier alpha value is -2.68. The van der Waals surface area contributed by atoms with Crippen LogP contribution in [0, 0.1) is 0 Å². The molecule has 0 spiro atoms. The van der Waals surface area contributed by atoms with Crippen molar-refractivity contribution in [3.05, 3.63) is 84.4 Å². The highest BCUT2D eigenvalue weighted by molar-refractivity contribution is 6.13. The molecule has 0 saturated heterocycles. The summed E-state index contributed by atoms with van der Waals surface area (Å²) in [6.45, 7) is 9.26. The van der Waals surface area contributed by atoms with E-state index < -0.39 is 17.6 Å². The monoisotopic (exact) mass is 321 g/mol. The van der Waals surface area contributed by atoms with Gasteiger partial charge < -0.3 is 4.74 Å². The zero-order valence-electron chi connectivity index (χ0n) is 14.4. The molecular weight excluding hydrogens is 298 g/mol. The molecule has 0 aromatic heterocycles. The molecule has 24 heavy (non-hydrogen) atoms. The Kier molecular flexibility index (Phi) is 5.69. The lowest BCUT2D eigenvalue weighted by Gasteiger charge is -2.21. The van der Waals surface area contributed by atoms with Crippen molar-refractivity contribution >= 4 is 11.7 Å². The van der Waals surface area contributed by atoms with Gasteiger partial charge in [-0.25, -0.2) is 4.79 Å². The summed E-state index contributed by atoms with van der Waals surface area (Å²) in [5.74, 6) is -0.401. The summed E-state index contributed by atoms with van der Waals surface area (Å²) in [5, 5.41) is 0. The molecule has 0 saturated carbocycles. The Balaban J connectivity index is 2.44. The number of aliphatic imine (C=N–C) groups is 1. The molecule has 2 rings (SSSR count). The van der Waals surface area contributed by atoms with E-state index in [0.717, 1.165) is 16.8 Å². The van der Waals surface area contributed by atoms with Gasteiger partial charge >= 0.3 is 5.97 Å². The highest BCUT2D eigenvalue weighted by atomic mass is 16.6. The zero-order chi connectivity index (χ0) is 17.6. The fourth-order valence-electron chi connectivity index (χ4n) is 2.21. The van der Waals surface area contributed by atoms with E-state index in [1.54, 1.807) is 0 Å². The maximum Gasteiger partial charge on any atom is 0.335 e. The number of esters is 1. The summed E-state index contributed by atoms with van der Waals surface area (Å²) in [7, 11) is 0. The third kappa shape index (κ3) is 4.92. The Morgan fingerprint density at radius 3 is 1.83 bits per heavy atom. The van der Waals surface area contributed by atoms with Gasteiger partial charge in [0.2, 0.25) is 0 Å². The lowest BCUT2D eigenvalue weighted by Crippen LogP contribution is -2.30. The Morgan fingerprint density at radius 2 is 1.46 bits per heavy atom. The van der Waals surface area contributed by atoms with Crippen molar-refractivity contribution in [2.24, 2.45) is 4.99 Å². The fraction of sp³-hybridized carbons (Fsp3) is 0.238. The predicted octanol–water partition coefficient (Wildman–Crippen LogP) is 4.42. The van der Waals surface area contributed by atoms with Gasteiger partial charge in [0.25, 0.3) is 0 Å². The molecule has 0 heterocycles. The van der Waals surface area contributed by atoms with Crippen molar-refractivity contribution < 1.29 is 9.53 Å². The molecule has 0 radical (unpaired) electrons. The minimum absolute atomic E-state index is 0.401. The maximum absolute atomic E-state index is 12.4. The van der Waals surface area contributed by atoms with Gasteiger partial charge in [-0.1, -0.05) is 66.7 Å². The van der Waals surface area contributed by atoms with Crippen molar-refractivity contribution in [1.29, 1.82) is 0 Å². The van der Waals surface area contributed by atoms with Gasteiger partial charge in [-0.05, 0) is 20.8 Å². The van der Waals surface area contributed by atoms with Crippen molar-refractivity contribution in [2.75, 3.05) is 0 Å². The molecule has 0 amide bonds. The average molecular weight is 321 g/mol. The molecule has 0 aliphatic carbocycles. The molecule has 0 bridgehead atoms. The number of benzene rings is 2. The van der Waals surface area contributed by atoms with Crippen molar-refractivity contribution in [2.45, 2.75) is 32.4 Å². The van der Waals surface area contributed by atoms with Crippen LogP contribution in [-0.4, -0.2) is 23.3 Å². The van der Waals surface area contributed by atoms with Crippen LogP contribution in [-0.2, 0) is 9.53 Å². The van der Waals surface area contributed by atoms with Crippen LogP contribution < -0.4 is 0 Å². The number of carbonyl (C=O) groups excluding carboxylic acids is 1. The Labute approximate surface area is 143 Å². The predicted molar refractivity (Wildman–Crippen MR) is 98.4 cm³/mol. The normalized spacial score (nSPS) is 12.1. The van der Waals surface area contributed by atoms with Gasteiger partial charge in [-0.3, -0.25) is 4.99 Å². The van der Waals surface area contributed by atoms with Crippen LogP contribution in [0.15, 0.2) is 78.3 Å². The smallest absolute Gasteiger partial charge is 0.335 e. The lowest BCUT2D eigenvalue weighted by atomic mass is 10.0. The van der Waals surface area contributed by atoms with E-state index in [1.165, 1.54) is 6.08 Å². The van der Waals surface area contributed by atoms with Gasteiger partial charge in [0.1, 0.15) is 5.60 Å². The van der Waals surface area contributed by atoms with Gasteiger partial charge in [0.05, 0.1) is 5.71 Å². The van der Waals surface area contributed by atoms with Crippen LogP contribution in [0.5, 0.6) is 0 Å². The second-order valence-electron chi connectivity index (χ2n) is 6.42. The molecule has 0 fully saturated rings. The van der Waals surface area contributed by atoms with Crippen LogP contribution in [0.1, 0.15) is 31.9 Å². The van der Waals surface area contributed by atoms with Gasteiger partial charge in [-0.15, -0.1) is 6.58 Å². The van der Waals surface area contributed by atoms with E-state index >= 15 is 0 Å². The molecule has 1 atom stereocenters. The van der Waals surface area contributed by atoms with E-state index in [-0.39, 0.29) is 0 Å². The SMILES string of the molecule is C=C[C@H](N=C(c1ccccc1)c1ccccc1)C(=O)OC(C)(C)C. The minimum Gasteiger partial charge on any atom is -0.458 e. The number of hydrogen-bond donors (Lipinski definition) is 0. The van der Waals surface area contributed by atoms with Crippen LogP contribution in [0.25, 0.3) is 0 Å². The number of nitrogens with zero attached hydrogens (tertiary/aromatic N) is 1. The summed E-state index contributed by atoms with van der Waals surface area (Å²) >= 11 is 0. The molecular formula is C21H23NO2. The fourth-order valence-corrected chi connectivity index (χ4v) is 2.21. The lowest BCUT2D eigenvalue weighted by molar-refractivity contribution is -0.155. The average Bonchev–Trinajstić information content (AvgIpc) is 2.56. The maximum atomic E-state index is 12.4. The van der Waals surface area contributed by atoms with Crippen LogP contribution >= 0.6 is 0 Å². The molecule has 0 N–H and O–H groups in total. The Morgan fingerprint density at radius 1 is 1.00 bits per heavy atom. The number of carbonyl (C=O) groups is 1. The number of rotatable bonds is 5. The first-order chi connectivity index (χ1) is 11.4. The minimum atomic E-state index is -0.750. The largest absolute Gasteiger partial charge is 0.458 e. The highest BCUT2D eigenvalue weighted by Crippen LogP contribution is 2.15. The first-order valence-corrected chi connectivity index (χ1v) is 7.95. The third-order valence-corrected chi connectivity index (χ3v) is 3.23. The summed E-state index contributed by atoms with van der Waals surface area (Å²) in [6.07, 6.45) is 1.51. The Bertz CT molecular complexity index is 671. The first kappa shape index (κ1) is 17.7. The zero-order valence-corrected chi connectivity index (χ0v) is 14.4. The van der Waals surface area contributed by atoms with Gasteiger partial charge in [-0.2, -0.15) is 0 Å². The van der Waals surface area contributed by atoms with Crippen LogP contribution in [0.4, 0.5) is 0 Å². The molecule has 0 unspecified atom stereocenters. The standard InChI is InChI=1S/C21H23NO2/c1-5-18(20(23)24-21(2,3)4)22-19(16-12-8-6-9-13-16)17-14-10-7-11-15-17/h5-15,18H,1H2,2-4H3/t18-/m0/s1. The van der Waals surface area contributed by atoms with Gasteiger partial charge in [0.15, 0.2) is 6.04 Å². The summed E-state index contributed by atoms with van der Waals surface area (Å²) < 4.78 is 5.45. The van der Waals surface area contributed by atoms with Gasteiger partial charge in [0, 0.05) is 11.1 Å². The summed E-state index contributed by atoms with van der Waals surface area (Å²) in [5.41, 5.74) is 2.07. The van der Waals surface area contributed by atoms with E-state index in [4.69, 9.17) is 4.74 Å². The second-order valence-corrected chi connectivity index (χ2v) is 6.42. The van der Waals surface area contributed by atoms with Crippen molar-refractivity contribution in [1.82, 2.24) is 0 Å². The number of ether oxygens (including phenoxy) is 1. The molecule has 124 valence electrons. The molecule has 3 nitrogen and oxygen atoms in total.